The number of hydrogen-bond acceptors (Lipinski definition) is 5. The molecule has 3 rings (SSSR count). The van der Waals surface area contributed by atoms with Gasteiger partial charge in [-0.05, 0) is 45.2 Å². The molecule has 33 heavy (non-hydrogen) atoms. The Hall–Kier alpha value is -3.14. The predicted octanol–water partition coefficient (Wildman–Crippen LogP) is -0.418. The highest BCUT2D eigenvalue weighted by Gasteiger charge is 2.45. The van der Waals surface area contributed by atoms with Crippen LogP contribution in [-0.2, 0) is 20.8 Å². The molecule has 0 aliphatic carbocycles. The Bertz CT molecular complexity index is 864. The third-order valence-electron chi connectivity index (χ3n) is 6.50. The Kier molecular flexibility index (Phi) is 8.26. The average Bonchev–Trinajstić information content (AvgIpc) is 3.22. The molecule has 180 valence electrons. The fourth-order valence-corrected chi connectivity index (χ4v) is 4.46. The molecule has 2 saturated heterocycles. The molecule has 2 heterocycles. The molecule has 10 nitrogen and oxygen atoms in total. The summed E-state index contributed by atoms with van der Waals surface area (Å²) in [4.78, 5) is 53.9. The van der Waals surface area contributed by atoms with Gasteiger partial charge in [0.1, 0.15) is 12.1 Å². The lowest BCUT2D eigenvalue weighted by Crippen LogP contribution is -2.62. The van der Waals surface area contributed by atoms with Gasteiger partial charge in [0, 0.05) is 19.1 Å². The van der Waals surface area contributed by atoms with E-state index >= 15 is 0 Å². The molecule has 1 aromatic carbocycles. The lowest BCUT2D eigenvalue weighted by atomic mass is 10.1. The highest BCUT2D eigenvalue weighted by Crippen LogP contribution is 2.29. The number of urea groups is 1. The van der Waals surface area contributed by atoms with E-state index in [9.17, 15) is 19.2 Å². The number of fused-ring (bicyclic) bond motifs is 1. The Morgan fingerprint density at radius 1 is 1.15 bits per heavy atom. The van der Waals surface area contributed by atoms with Crippen LogP contribution in [0.4, 0.5) is 4.79 Å². The number of nitrogens with two attached hydrogens (primary N) is 1. The van der Waals surface area contributed by atoms with Gasteiger partial charge < -0.3 is 31.5 Å². The molecule has 2 aliphatic rings. The molecule has 4 atom stereocenters. The van der Waals surface area contributed by atoms with Gasteiger partial charge in [-0.25, -0.2) is 4.79 Å². The summed E-state index contributed by atoms with van der Waals surface area (Å²) in [5.74, 6) is -0.911. The van der Waals surface area contributed by atoms with Crippen molar-refractivity contribution in [2.24, 2.45) is 5.73 Å². The summed E-state index contributed by atoms with van der Waals surface area (Å²) < 4.78 is 0. The number of amides is 5. The number of nitrogens with zero attached hydrogens (tertiary/aromatic N) is 2. The minimum absolute atomic E-state index is 0.0259. The first-order valence-corrected chi connectivity index (χ1v) is 11.5. The first-order chi connectivity index (χ1) is 15.8. The minimum Gasteiger partial charge on any atom is -0.354 e. The molecule has 5 N–H and O–H groups in total. The van der Waals surface area contributed by atoms with E-state index in [4.69, 9.17) is 5.73 Å². The van der Waals surface area contributed by atoms with Gasteiger partial charge in [-0.2, -0.15) is 0 Å². The standard InChI is InChI=1S/C23H34N6O4/c1-15(25-2)20(30)27-18-14-28(23(24)33)13-11-17-8-9-19(29(17)22(18)32)21(31)26-12-10-16-6-4-3-5-7-16/h3-7,15,17-19,25H,8-14H2,1-2H3,(H2,24,33)(H,26,31)(H,27,30)/t15-,17+,18-,19-/m0/s1. The van der Waals surface area contributed by atoms with Gasteiger partial charge in [0.25, 0.3) is 0 Å². The number of likely N-dealkylation sites (N-methyl/N-ethyl adjacent to an activating group) is 1. The maximum absolute atomic E-state index is 13.5. The largest absolute Gasteiger partial charge is 0.354 e. The van der Waals surface area contributed by atoms with Crippen molar-refractivity contribution in [1.82, 2.24) is 25.8 Å². The van der Waals surface area contributed by atoms with Crippen LogP contribution in [0.1, 0.15) is 31.7 Å². The molecule has 0 radical (unpaired) electrons. The molecule has 2 fully saturated rings. The fourth-order valence-electron chi connectivity index (χ4n) is 4.46. The first-order valence-electron chi connectivity index (χ1n) is 11.5. The third kappa shape index (κ3) is 6.01. The second kappa shape index (κ2) is 11.1. The van der Waals surface area contributed by atoms with E-state index in [1.807, 2.05) is 30.3 Å². The number of hydrogen-bond donors (Lipinski definition) is 4. The lowest BCUT2D eigenvalue weighted by Gasteiger charge is -2.38. The van der Waals surface area contributed by atoms with E-state index in [-0.39, 0.29) is 30.3 Å². The van der Waals surface area contributed by atoms with Crippen LogP contribution in [0.2, 0.25) is 0 Å². The van der Waals surface area contributed by atoms with E-state index < -0.39 is 24.2 Å². The Balaban J connectivity index is 1.72. The molecular weight excluding hydrogens is 424 g/mol. The molecule has 5 amide bonds. The monoisotopic (exact) mass is 458 g/mol. The first kappa shape index (κ1) is 24.5. The van der Waals surface area contributed by atoms with E-state index in [0.29, 0.717) is 38.8 Å². The number of benzene rings is 1. The SMILES string of the molecule is CN[C@@H](C)C(=O)N[C@H]1CN(C(N)=O)CC[C@H]2CC[C@@H](C(=O)NCCc3ccccc3)N2C1=O. The summed E-state index contributed by atoms with van der Waals surface area (Å²) in [7, 11) is 1.65. The number of carbonyl (C=O) groups excluding carboxylic acids is 4. The highest BCUT2D eigenvalue weighted by atomic mass is 16.2. The van der Waals surface area contributed by atoms with E-state index in [2.05, 4.69) is 16.0 Å². The smallest absolute Gasteiger partial charge is 0.314 e. The van der Waals surface area contributed by atoms with Crippen molar-refractivity contribution in [2.75, 3.05) is 26.7 Å². The summed E-state index contributed by atoms with van der Waals surface area (Å²) in [6.45, 7) is 2.49. The molecule has 0 spiro atoms. The normalized spacial score (nSPS) is 23.8. The topological polar surface area (TPSA) is 137 Å². The lowest BCUT2D eigenvalue weighted by molar-refractivity contribution is -0.144. The van der Waals surface area contributed by atoms with E-state index in [0.717, 1.165) is 5.56 Å². The van der Waals surface area contributed by atoms with Gasteiger partial charge in [0.05, 0.1) is 12.6 Å². The van der Waals surface area contributed by atoms with Crippen molar-refractivity contribution in [1.29, 1.82) is 0 Å². The summed E-state index contributed by atoms with van der Waals surface area (Å²) >= 11 is 0. The number of nitrogens with one attached hydrogen (secondary N) is 3. The molecule has 0 unspecified atom stereocenters. The van der Waals surface area contributed by atoms with Crippen LogP contribution in [0.25, 0.3) is 0 Å². The molecule has 2 aliphatic heterocycles. The molecule has 0 aromatic heterocycles. The van der Waals surface area contributed by atoms with Gasteiger partial charge in [-0.15, -0.1) is 0 Å². The van der Waals surface area contributed by atoms with Crippen molar-refractivity contribution in [3.05, 3.63) is 35.9 Å². The van der Waals surface area contributed by atoms with Crippen LogP contribution < -0.4 is 21.7 Å². The van der Waals surface area contributed by atoms with Crippen LogP contribution in [0, 0.1) is 0 Å². The zero-order chi connectivity index (χ0) is 24.0. The second-order valence-electron chi connectivity index (χ2n) is 8.66. The van der Waals surface area contributed by atoms with Crippen LogP contribution in [-0.4, -0.2) is 84.4 Å². The molecule has 0 bridgehead atoms. The Labute approximate surface area is 194 Å². The number of primary amides is 1. The Morgan fingerprint density at radius 2 is 1.88 bits per heavy atom. The van der Waals surface area contributed by atoms with Crippen molar-refractivity contribution < 1.29 is 19.2 Å². The second-order valence-corrected chi connectivity index (χ2v) is 8.66. The summed E-state index contributed by atoms with van der Waals surface area (Å²) in [6.07, 6.45) is 2.43. The molecule has 10 heteroatoms. The van der Waals surface area contributed by atoms with Crippen molar-refractivity contribution in [2.45, 2.75) is 56.8 Å². The van der Waals surface area contributed by atoms with Gasteiger partial charge in [0.2, 0.25) is 17.7 Å². The summed E-state index contributed by atoms with van der Waals surface area (Å²) in [5, 5.41) is 8.53. The predicted molar refractivity (Wildman–Crippen MR) is 123 cm³/mol. The summed E-state index contributed by atoms with van der Waals surface area (Å²) in [5.41, 5.74) is 6.62. The van der Waals surface area contributed by atoms with Crippen LogP contribution in [0.15, 0.2) is 30.3 Å². The highest BCUT2D eigenvalue weighted by molar-refractivity contribution is 5.94. The van der Waals surface area contributed by atoms with Gasteiger partial charge >= 0.3 is 6.03 Å². The zero-order valence-electron chi connectivity index (χ0n) is 19.3. The molecular formula is C23H34N6O4. The summed E-state index contributed by atoms with van der Waals surface area (Å²) in [6, 6.07) is 6.95. The quantitative estimate of drug-likeness (QED) is 0.440. The number of carbonyl (C=O) groups is 4. The van der Waals surface area contributed by atoms with Crippen molar-refractivity contribution >= 4 is 23.8 Å². The maximum Gasteiger partial charge on any atom is 0.314 e. The molecule has 1 aromatic rings. The average molecular weight is 459 g/mol. The molecule has 0 saturated carbocycles. The van der Waals surface area contributed by atoms with Crippen LogP contribution >= 0.6 is 0 Å². The fraction of sp³-hybridized carbons (Fsp3) is 0.565. The maximum atomic E-state index is 13.5. The Morgan fingerprint density at radius 3 is 2.55 bits per heavy atom. The van der Waals surface area contributed by atoms with Gasteiger partial charge in [-0.1, -0.05) is 30.3 Å². The zero-order valence-corrected chi connectivity index (χ0v) is 19.3. The van der Waals surface area contributed by atoms with Crippen molar-refractivity contribution in [3.63, 3.8) is 0 Å². The van der Waals surface area contributed by atoms with Gasteiger partial charge in [0.15, 0.2) is 0 Å². The van der Waals surface area contributed by atoms with Crippen LogP contribution in [0.3, 0.4) is 0 Å². The number of rotatable bonds is 7. The van der Waals surface area contributed by atoms with E-state index in [1.54, 1.807) is 18.9 Å². The van der Waals surface area contributed by atoms with E-state index in [1.165, 1.54) is 4.90 Å². The minimum atomic E-state index is -0.971. The van der Waals surface area contributed by atoms with Crippen LogP contribution in [0.5, 0.6) is 0 Å². The van der Waals surface area contributed by atoms with Gasteiger partial charge in [-0.3, -0.25) is 14.4 Å². The van der Waals surface area contributed by atoms with Crippen molar-refractivity contribution in [3.8, 4) is 0 Å². The third-order valence-corrected chi connectivity index (χ3v) is 6.50.